The summed E-state index contributed by atoms with van der Waals surface area (Å²) in [5.74, 6) is -0.787. The molecule has 0 fully saturated rings. The monoisotopic (exact) mass is 335 g/mol. The number of aromatic nitrogens is 2. The summed E-state index contributed by atoms with van der Waals surface area (Å²) in [6, 6.07) is 0. The predicted octanol–water partition coefficient (Wildman–Crippen LogP) is 0.214. The van der Waals surface area contributed by atoms with E-state index in [1.807, 2.05) is 0 Å². The van der Waals surface area contributed by atoms with Crippen molar-refractivity contribution >= 4 is 31.5 Å². The molecule has 0 saturated carbocycles. The number of carbonyl (C=O) groups is 2. The molecule has 0 aliphatic carbocycles. The summed E-state index contributed by atoms with van der Waals surface area (Å²) in [6.45, 7) is 3.30. The molecule has 0 aromatic carbocycles. The van der Waals surface area contributed by atoms with Gasteiger partial charge in [-0.05, 0) is 0 Å². The maximum absolute atomic E-state index is 11.4. The first kappa shape index (κ1) is 15.8. The fourth-order valence-corrected chi connectivity index (χ4v) is 3.00. The van der Waals surface area contributed by atoms with Crippen molar-refractivity contribution < 1.29 is 22.7 Å². The molecule has 21 heavy (non-hydrogen) atoms. The van der Waals surface area contributed by atoms with E-state index in [0.29, 0.717) is 6.54 Å². The molecule has 1 unspecified atom stereocenters. The number of hydrogen-bond donors (Lipinski definition) is 0. The third kappa shape index (κ3) is 3.35. The summed E-state index contributed by atoms with van der Waals surface area (Å²) >= 11 is 0. The van der Waals surface area contributed by atoms with E-state index in [1.54, 1.807) is 0 Å². The van der Waals surface area contributed by atoms with Gasteiger partial charge in [-0.1, -0.05) is 0 Å². The van der Waals surface area contributed by atoms with Crippen LogP contribution in [0.4, 0.5) is 0 Å². The Kier molecular flexibility index (Phi) is 4.24. The number of nitrogens with zero attached hydrogens (tertiary/aromatic N) is 3. The smallest absolute Gasteiger partial charge is 0.268 e. The number of imide groups is 1. The van der Waals surface area contributed by atoms with E-state index < -0.39 is 9.05 Å². The van der Waals surface area contributed by atoms with Gasteiger partial charge < -0.3 is 4.74 Å². The normalized spacial score (nSPS) is 17.8. The van der Waals surface area contributed by atoms with Gasteiger partial charge in [-0.2, -0.15) is 5.10 Å². The highest BCUT2D eigenvalue weighted by molar-refractivity contribution is 8.13. The molecule has 0 spiro atoms. The van der Waals surface area contributed by atoms with E-state index in [-0.39, 0.29) is 41.7 Å². The molecule has 1 atom stereocenters. The van der Waals surface area contributed by atoms with Gasteiger partial charge >= 0.3 is 0 Å². The standard InChI is InChI=1S/C11H14ClN3O5S/c1-7(16)14(8(2)17)4-9-5-15-11(20-6-9)10(3-13-15)21(12,18)19/h3,9H,4-6H2,1-2H3. The first-order chi connectivity index (χ1) is 9.70. The number of carbonyl (C=O) groups excluding carboxylic acids is 2. The molecular formula is C11H14ClN3O5S. The lowest BCUT2D eigenvalue weighted by atomic mass is 10.1. The lowest BCUT2D eigenvalue weighted by molar-refractivity contribution is -0.143. The zero-order valence-electron chi connectivity index (χ0n) is 11.4. The maximum Gasteiger partial charge on any atom is 0.268 e. The molecule has 2 rings (SSSR count). The summed E-state index contributed by atoms with van der Waals surface area (Å²) in [5, 5.41) is 3.91. The van der Waals surface area contributed by atoms with E-state index in [9.17, 15) is 18.0 Å². The van der Waals surface area contributed by atoms with Crippen molar-refractivity contribution in [1.29, 1.82) is 0 Å². The summed E-state index contributed by atoms with van der Waals surface area (Å²) in [7, 11) is 1.36. The molecule has 0 saturated heterocycles. The highest BCUT2D eigenvalue weighted by Gasteiger charge is 2.30. The number of rotatable bonds is 3. The molecule has 116 valence electrons. The Bertz CT molecular complexity index is 670. The zero-order chi connectivity index (χ0) is 15.8. The van der Waals surface area contributed by atoms with Crippen LogP contribution in [0.3, 0.4) is 0 Å². The summed E-state index contributed by atoms with van der Waals surface area (Å²) in [5.41, 5.74) is 0. The molecule has 1 aromatic heterocycles. The van der Waals surface area contributed by atoms with Crippen molar-refractivity contribution in [2.24, 2.45) is 5.92 Å². The van der Waals surface area contributed by atoms with Gasteiger partial charge in [0.15, 0.2) is 4.90 Å². The van der Waals surface area contributed by atoms with Crippen LogP contribution >= 0.6 is 10.7 Å². The second-order valence-electron chi connectivity index (χ2n) is 4.76. The van der Waals surface area contributed by atoms with Gasteiger partial charge in [0.1, 0.15) is 0 Å². The van der Waals surface area contributed by atoms with Crippen LogP contribution in [-0.4, -0.2) is 48.1 Å². The van der Waals surface area contributed by atoms with Crippen LogP contribution in [0.1, 0.15) is 13.8 Å². The number of ether oxygens (including phenoxy) is 1. The third-order valence-corrected chi connectivity index (χ3v) is 4.41. The third-order valence-electron chi connectivity index (χ3n) is 3.11. The van der Waals surface area contributed by atoms with E-state index in [0.717, 1.165) is 11.1 Å². The minimum absolute atomic E-state index is 0.0819. The molecule has 0 bridgehead atoms. The molecule has 1 aromatic rings. The van der Waals surface area contributed by atoms with Crippen molar-refractivity contribution in [3.8, 4) is 5.88 Å². The van der Waals surface area contributed by atoms with Gasteiger partial charge in [0.25, 0.3) is 9.05 Å². The molecule has 2 amide bonds. The van der Waals surface area contributed by atoms with Gasteiger partial charge in [-0.3, -0.25) is 14.5 Å². The first-order valence-corrected chi connectivity index (χ1v) is 8.43. The van der Waals surface area contributed by atoms with Crippen molar-refractivity contribution in [2.75, 3.05) is 13.2 Å². The molecule has 1 aliphatic rings. The van der Waals surface area contributed by atoms with E-state index in [1.165, 1.54) is 18.5 Å². The minimum atomic E-state index is -3.92. The maximum atomic E-state index is 11.4. The van der Waals surface area contributed by atoms with Crippen LogP contribution in [0.2, 0.25) is 0 Å². The Morgan fingerprint density at radius 1 is 1.48 bits per heavy atom. The number of hydrogen-bond acceptors (Lipinski definition) is 6. The highest BCUT2D eigenvalue weighted by Crippen LogP contribution is 2.30. The van der Waals surface area contributed by atoms with Crippen LogP contribution in [0.5, 0.6) is 5.88 Å². The van der Waals surface area contributed by atoms with E-state index in [4.69, 9.17) is 15.4 Å². The van der Waals surface area contributed by atoms with Crippen molar-refractivity contribution in [2.45, 2.75) is 25.3 Å². The minimum Gasteiger partial charge on any atom is -0.476 e. The van der Waals surface area contributed by atoms with Crippen LogP contribution in [0.15, 0.2) is 11.1 Å². The molecule has 0 radical (unpaired) electrons. The van der Waals surface area contributed by atoms with Gasteiger partial charge in [0.2, 0.25) is 17.7 Å². The lowest BCUT2D eigenvalue weighted by Crippen LogP contribution is -2.41. The van der Waals surface area contributed by atoms with Gasteiger partial charge in [0, 0.05) is 37.0 Å². The summed E-state index contributed by atoms with van der Waals surface area (Å²) in [4.78, 5) is 23.7. The van der Waals surface area contributed by atoms with Gasteiger partial charge in [-0.25, -0.2) is 13.1 Å². The topological polar surface area (TPSA) is 98.6 Å². The number of halogens is 1. The van der Waals surface area contributed by atoms with Crippen LogP contribution in [-0.2, 0) is 25.2 Å². The molecule has 10 heteroatoms. The largest absolute Gasteiger partial charge is 0.476 e. The Morgan fingerprint density at radius 2 is 2.10 bits per heavy atom. The molecular weight excluding hydrogens is 322 g/mol. The van der Waals surface area contributed by atoms with Crippen LogP contribution in [0, 0.1) is 5.92 Å². The van der Waals surface area contributed by atoms with Crippen LogP contribution in [0.25, 0.3) is 0 Å². The summed E-state index contributed by atoms with van der Waals surface area (Å²) < 4.78 is 29.4. The average molecular weight is 336 g/mol. The van der Waals surface area contributed by atoms with Crippen molar-refractivity contribution in [1.82, 2.24) is 14.7 Å². The number of fused-ring (bicyclic) bond motifs is 1. The predicted molar refractivity (Wildman–Crippen MR) is 72.3 cm³/mol. The number of amides is 2. The second kappa shape index (κ2) is 5.64. The van der Waals surface area contributed by atoms with Crippen molar-refractivity contribution in [3.05, 3.63) is 6.20 Å². The quantitative estimate of drug-likeness (QED) is 0.732. The zero-order valence-corrected chi connectivity index (χ0v) is 13.0. The van der Waals surface area contributed by atoms with Gasteiger partial charge in [-0.15, -0.1) is 0 Å². The average Bonchev–Trinajstić information content (AvgIpc) is 2.77. The molecule has 1 aliphatic heterocycles. The Balaban J connectivity index is 2.16. The molecule has 8 nitrogen and oxygen atoms in total. The SMILES string of the molecule is CC(=O)N(CC1COc2c(S(=O)(=O)Cl)cnn2C1)C(C)=O. The Labute approximate surface area is 126 Å². The Hall–Kier alpha value is -1.61. The summed E-state index contributed by atoms with van der Waals surface area (Å²) in [6.07, 6.45) is 1.12. The fourth-order valence-electron chi connectivity index (χ4n) is 2.14. The Morgan fingerprint density at radius 3 is 2.62 bits per heavy atom. The van der Waals surface area contributed by atoms with Crippen LogP contribution < -0.4 is 4.74 Å². The van der Waals surface area contributed by atoms with E-state index in [2.05, 4.69) is 5.10 Å². The second-order valence-corrected chi connectivity index (χ2v) is 7.29. The van der Waals surface area contributed by atoms with E-state index >= 15 is 0 Å². The fraction of sp³-hybridized carbons (Fsp3) is 0.545. The van der Waals surface area contributed by atoms with Gasteiger partial charge in [0.05, 0.1) is 19.3 Å². The molecule has 0 N–H and O–H groups in total. The first-order valence-electron chi connectivity index (χ1n) is 6.12. The van der Waals surface area contributed by atoms with Crippen molar-refractivity contribution in [3.63, 3.8) is 0 Å². The highest BCUT2D eigenvalue weighted by atomic mass is 35.7. The lowest BCUT2D eigenvalue weighted by Gasteiger charge is -2.28. The molecule has 2 heterocycles.